The van der Waals surface area contributed by atoms with Crippen LogP contribution in [0, 0.1) is 5.82 Å². The Labute approximate surface area is 121 Å². The predicted octanol–water partition coefficient (Wildman–Crippen LogP) is 3.97. The average molecular weight is 345 g/mol. The van der Waals surface area contributed by atoms with Crippen molar-refractivity contribution < 1.29 is 13.9 Å². The molecule has 0 amide bonds. The molecule has 1 aromatic heterocycles. The molecule has 0 aliphatic heterocycles. The lowest BCUT2D eigenvalue weighted by Crippen LogP contribution is -2.07. The molecule has 1 N–H and O–H groups in total. The summed E-state index contributed by atoms with van der Waals surface area (Å²) >= 11 is 4.47. The number of hydrogen-bond donors (Lipinski definition) is 1. The maximum absolute atomic E-state index is 13.6. The first-order chi connectivity index (χ1) is 9.11. The molecule has 0 fully saturated rings. The molecule has 0 bridgehead atoms. The molecule has 2 rings (SSSR count). The van der Waals surface area contributed by atoms with Crippen molar-refractivity contribution in [3.8, 4) is 0 Å². The minimum Gasteiger partial charge on any atom is -0.461 e. The molecule has 0 saturated carbocycles. The Kier molecular flexibility index (Phi) is 4.49. The highest BCUT2D eigenvalue weighted by molar-refractivity contribution is 9.10. The Morgan fingerprint density at radius 1 is 1.58 bits per heavy atom. The van der Waals surface area contributed by atoms with Crippen LogP contribution in [0.1, 0.15) is 17.4 Å². The summed E-state index contributed by atoms with van der Waals surface area (Å²) < 4.78 is 19.2. The molecule has 0 unspecified atom stereocenters. The van der Waals surface area contributed by atoms with Crippen LogP contribution < -0.4 is 5.32 Å². The fourth-order valence-corrected chi connectivity index (χ4v) is 2.44. The Morgan fingerprint density at radius 3 is 3.11 bits per heavy atom. The number of esters is 1. The summed E-state index contributed by atoms with van der Waals surface area (Å²) in [5.41, 5.74) is 1.93. The zero-order chi connectivity index (χ0) is 13.8. The highest BCUT2D eigenvalue weighted by atomic mass is 79.9. The van der Waals surface area contributed by atoms with Gasteiger partial charge in [0.05, 0.1) is 17.8 Å². The maximum Gasteiger partial charge on any atom is 0.360 e. The lowest BCUT2D eigenvalue weighted by Gasteiger charge is -2.07. The van der Waals surface area contributed by atoms with Crippen LogP contribution in [0.2, 0.25) is 0 Å². The number of halogens is 2. The summed E-state index contributed by atoms with van der Waals surface area (Å²) in [6.45, 7) is 1.98. The van der Waals surface area contributed by atoms with Crippen molar-refractivity contribution in [3.05, 3.63) is 39.7 Å². The largest absolute Gasteiger partial charge is 0.461 e. The second-order valence-corrected chi connectivity index (χ2v) is 5.27. The lowest BCUT2D eigenvalue weighted by molar-refractivity contribution is 0.0521. The Morgan fingerprint density at radius 2 is 2.37 bits per heavy atom. The third-order valence-electron chi connectivity index (χ3n) is 2.21. The van der Waals surface area contributed by atoms with Crippen LogP contribution in [0.4, 0.5) is 15.1 Å². The number of anilines is 2. The Bertz CT molecular complexity index is 603. The zero-order valence-corrected chi connectivity index (χ0v) is 12.3. The van der Waals surface area contributed by atoms with Crippen molar-refractivity contribution in [2.75, 3.05) is 11.9 Å². The van der Waals surface area contributed by atoms with Crippen molar-refractivity contribution in [2.24, 2.45) is 0 Å². The second-order valence-electron chi connectivity index (χ2n) is 3.50. The van der Waals surface area contributed by atoms with Gasteiger partial charge in [0, 0.05) is 4.47 Å². The van der Waals surface area contributed by atoms with Crippen LogP contribution in [-0.2, 0) is 4.74 Å². The van der Waals surface area contributed by atoms with E-state index < -0.39 is 11.8 Å². The van der Waals surface area contributed by atoms with E-state index in [0.717, 1.165) is 4.47 Å². The van der Waals surface area contributed by atoms with E-state index in [1.54, 1.807) is 19.1 Å². The summed E-state index contributed by atoms with van der Waals surface area (Å²) in [4.78, 5) is 15.6. The summed E-state index contributed by atoms with van der Waals surface area (Å²) in [6.07, 6.45) is 0. The number of nitrogens with one attached hydrogen (secondary N) is 1. The molecule has 4 nitrogen and oxygen atoms in total. The number of nitrogens with zero attached hydrogens (tertiary/aromatic N) is 1. The first-order valence-electron chi connectivity index (χ1n) is 5.44. The molecule has 19 heavy (non-hydrogen) atoms. The van der Waals surface area contributed by atoms with Gasteiger partial charge in [-0.05, 0) is 25.1 Å². The number of rotatable bonds is 4. The van der Waals surface area contributed by atoms with Crippen molar-refractivity contribution in [2.45, 2.75) is 6.92 Å². The van der Waals surface area contributed by atoms with Gasteiger partial charge in [0.2, 0.25) is 0 Å². The molecular formula is C12H10BrFN2O2S. The van der Waals surface area contributed by atoms with E-state index in [1.165, 1.54) is 22.9 Å². The summed E-state index contributed by atoms with van der Waals surface area (Å²) in [7, 11) is 0. The van der Waals surface area contributed by atoms with E-state index in [9.17, 15) is 9.18 Å². The van der Waals surface area contributed by atoms with Gasteiger partial charge in [0.25, 0.3) is 0 Å². The van der Waals surface area contributed by atoms with Crippen LogP contribution in [-0.4, -0.2) is 17.6 Å². The number of carbonyl (C=O) groups excluding carboxylic acids is 1. The molecule has 100 valence electrons. The van der Waals surface area contributed by atoms with Crippen molar-refractivity contribution in [1.82, 2.24) is 4.98 Å². The molecule has 0 spiro atoms. The molecule has 0 saturated heterocycles. The second kappa shape index (κ2) is 6.12. The highest BCUT2D eigenvalue weighted by Crippen LogP contribution is 2.28. The number of thiazole rings is 1. The van der Waals surface area contributed by atoms with Crippen LogP contribution >= 0.6 is 27.3 Å². The van der Waals surface area contributed by atoms with Gasteiger partial charge in [0.1, 0.15) is 10.8 Å². The minimum absolute atomic E-state index is 0.159. The van der Waals surface area contributed by atoms with Crippen LogP contribution in [0.25, 0.3) is 0 Å². The van der Waals surface area contributed by atoms with Crippen molar-refractivity contribution in [1.29, 1.82) is 0 Å². The topological polar surface area (TPSA) is 51.2 Å². The van der Waals surface area contributed by atoms with E-state index in [1.807, 2.05) is 0 Å². The molecule has 0 aliphatic carbocycles. The Balaban J connectivity index is 2.26. The van der Waals surface area contributed by atoms with E-state index in [4.69, 9.17) is 4.74 Å². The summed E-state index contributed by atoms with van der Waals surface area (Å²) in [6, 6.07) is 4.51. The minimum atomic E-state index is -0.526. The molecule has 0 radical (unpaired) electrons. The van der Waals surface area contributed by atoms with Gasteiger partial charge in [0.15, 0.2) is 5.69 Å². The predicted molar refractivity (Wildman–Crippen MR) is 75.5 cm³/mol. The van der Waals surface area contributed by atoms with E-state index >= 15 is 0 Å². The molecule has 1 aromatic carbocycles. The fraction of sp³-hybridized carbons (Fsp3) is 0.167. The smallest absolute Gasteiger partial charge is 0.360 e. The number of hydrogen-bond acceptors (Lipinski definition) is 5. The maximum atomic E-state index is 13.6. The Hall–Kier alpha value is -1.47. The number of benzene rings is 1. The molecule has 0 atom stereocenters. The van der Waals surface area contributed by atoms with Gasteiger partial charge in [-0.3, -0.25) is 0 Å². The van der Waals surface area contributed by atoms with Gasteiger partial charge in [-0.1, -0.05) is 15.9 Å². The highest BCUT2D eigenvalue weighted by Gasteiger charge is 2.17. The van der Waals surface area contributed by atoms with Crippen LogP contribution in [0.5, 0.6) is 0 Å². The van der Waals surface area contributed by atoms with Crippen LogP contribution in [0.3, 0.4) is 0 Å². The van der Waals surface area contributed by atoms with Gasteiger partial charge in [-0.25, -0.2) is 14.2 Å². The SMILES string of the molecule is CCOC(=O)c1ncsc1Nc1cc(Br)ccc1F. The standard InChI is InChI=1S/C12H10BrFN2O2S/c1-2-18-12(17)10-11(19-6-15-10)16-9-5-7(13)3-4-8(9)14/h3-6,16H,2H2,1H3. The first-order valence-corrected chi connectivity index (χ1v) is 7.11. The van der Waals surface area contributed by atoms with Gasteiger partial charge < -0.3 is 10.1 Å². The average Bonchev–Trinajstić information content (AvgIpc) is 2.82. The molecular weight excluding hydrogens is 335 g/mol. The molecule has 2 aromatic rings. The lowest BCUT2D eigenvalue weighted by atomic mass is 10.3. The zero-order valence-electron chi connectivity index (χ0n) is 9.94. The molecule has 0 aliphatic rings. The van der Waals surface area contributed by atoms with Crippen LogP contribution in [0.15, 0.2) is 28.2 Å². The van der Waals surface area contributed by atoms with E-state index in [0.29, 0.717) is 5.00 Å². The quantitative estimate of drug-likeness (QED) is 0.852. The van der Waals surface area contributed by atoms with E-state index in [2.05, 4.69) is 26.2 Å². The molecule has 1 heterocycles. The monoisotopic (exact) mass is 344 g/mol. The van der Waals surface area contributed by atoms with E-state index in [-0.39, 0.29) is 18.0 Å². The first kappa shape index (κ1) is 14.0. The number of aromatic nitrogens is 1. The van der Waals surface area contributed by atoms with Gasteiger partial charge in [-0.2, -0.15) is 0 Å². The number of ether oxygens (including phenoxy) is 1. The van der Waals surface area contributed by atoms with Crippen molar-refractivity contribution >= 4 is 43.9 Å². The van der Waals surface area contributed by atoms with Gasteiger partial charge in [-0.15, -0.1) is 11.3 Å². The number of carbonyl (C=O) groups is 1. The van der Waals surface area contributed by atoms with Crippen molar-refractivity contribution in [3.63, 3.8) is 0 Å². The van der Waals surface area contributed by atoms with Gasteiger partial charge >= 0.3 is 5.97 Å². The third kappa shape index (κ3) is 3.30. The summed E-state index contributed by atoms with van der Waals surface area (Å²) in [5.74, 6) is -0.937. The molecule has 7 heteroatoms. The normalized spacial score (nSPS) is 10.3. The fourth-order valence-electron chi connectivity index (χ4n) is 1.40. The third-order valence-corrected chi connectivity index (χ3v) is 3.45. The summed E-state index contributed by atoms with van der Waals surface area (Å²) in [5, 5.41) is 3.31.